The lowest BCUT2D eigenvalue weighted by Gasteiger charge is -2.08. The van der Waals surface area contributed by atoms with Crippen molar-refractivity contribution >= 4 is 10.0 Å². The fraction of sp³-hybridized carbons (Fsp3) is 0.400. The van der Waals surface area contributed by atoms with Crippen LogP contribution in [-0.2, 0) is 16.6 Å². The fourth-order valence-electron chi connectivity index (χ4n) is 2.09. The summed E-state index contributed by atoms with van der Waals surface area (Å²) >= 11 is 0. The van der Waals surface area contributed by atoms with Gasteiger partial charge < -0.3 is 0 Å². The maximum Gasteiger partial charge on any atom is 0.240 e. The molecular weight excluding hydrogens is 286 g/mol. The summed E-state index contributed by atoms with van der Waals surface area (Å²) in [5.74, 6) is 0. The number of aryl methyl sites for hydroxylation is 2. The Morgan fingerprint density at radius 1 is 1.10 bits per heavy atom. The van der Waals surface area contributed by atoms with Crippen molar-refractivity contribution in [3.63, 3.8) is 0 Å². The van der Waals surface area contributed by atoms with Crippen LogP contribution in [0.25, 0.3) is 0 Å². The molecule has 1 aromatic heterocycles. The zero-order chi connectivity index (χ0) is 15.6. The van der Waals surface area contributed by atoms with Gasteiger partial charge in [0.05, 0.1) is 17.1 Å². The van der Waals surface area contributed by atoms with E-state index in [1.54, 1.807) is 24.3 Å². The highest BCUT2D eigenvalue weighted by Gasteiger charge is 2.13. The Morgan fingerprint density at radius 2 is 1.71 bits per heavy atom. The number of rotatable bonds is 5. The topological polar surface area (TPSA) is 64.0 Å². The Morgan fingerprint density at radius 3 is 2.24 bits per heavy atom. The Bertz CT molecular complexity index is 731. The molecule has 0 aliphatic rings. The van der Waals surface area contributed by atoms with E-state index >= 15 is 0 Å². The van der Waals surface area contributed by atoms with Crippen LogP contribution in [0.4, 0.5) is 0 Å². The molecule has 114 valence electrons. The minimum Gasteiger partial charge on any atom is -0.268 e. The van der Waals surface area contributed by atoms with E-state index in [-0.39, 0.29) is 4.90 Å². The van der Waals surface area contributed by atoms with Gasteiger partial charge in [-0.25, -0.2) is 13.1 Å². The summed E-state index contributed by atoms with van der Waals surface area (Å²) in [6.45, 7) is 8.72. The molecule has 1 N–H and O–H groups in total. The van der Waals surface area contributed by atoms with Crippen LogP contribution in [0.15, 0.2) is 29.2 Å². The van der Waals surface area contributed by atoms with E-state index < -0.39 is 10.0 Å². The molecule has 1 aromatic carbocycles. The molecule has 0 aliphatic heterocycles. The summed E-state index contributed by atoms with van der Waals surface area (Å²) in [6.07, 6.45) is 0. The van der Waals surface area contributed by atoms with Gasteiger partial charge in [-0.2, -0.15) is 5.10 Å². The molecule has 1 heterocycles. The van der Waals surface area contributed by atoms with Crippen molar-refractivity contribution in [2.45, 2.75) is 39.1 Å². The van der Waals surface area contributed by atoms with Crippen LogP contribution in [-0.4, -0.2) is 24.7 Å². The van der Waals surface area contributed by atoms with Crippen LogP contribution in [0.1, 0.15) is 22.5 Å². The summed E-state index contributed by atoms with van der Waals surface area (Å²) < 4.78 is 28.7. The molecule has 0 bridgehead atoms. The minimum absolute atomic E-state index is 0.289. The number of nitrogens with zero attached hydrogens (tertiary/aromatic N) is 2. The number of sulfonamides is 1. The molecular formula is C15H21N3O2S. The second-order valence-corrected chi connectivity index (χ2v) is 7.00. The lowest BCUT2D eigenvalue weighted by molar-refractivity contribution is 0.554. The van der Waals surface area contributed by atoms with Gasteiger partial charge in [0.2, 0.25) is 10.0 Å². The summed E-state index contributed by atoms with van der Waals surface area (Å²) in [5.41, 5.74) is 4.24. The predicted octanol–water partition coefficient (Wildman–Crippen LogP) is 2.10. The first kappa shape index (κ1) is 15.7. The maximum atomic E-state index is 12.1. The van der Waals surface area contributed by atoms with Gasteiger partial charge in [0.25, 0.3) is 0 Å². The number of nitrogens with one attached hydrogen (secondary N) is 1. The van der Waals surface area contributed by atoms with Crippen molar-refractivity contribution in [3.8, 4) is 0 Å². The van der Waals surface area contributed by atoms with Crippen LogP contribution in [0.5, 0.6) is 0 Å². The van der Waals surface area contributed by atoms with E-state index in [9.17, 15) is 8.42 Å². The van der Waals surface area contributed by atoms with Crippen LogP contribution < -0.4 is 4.72 Å². The van der Waals surface area contributed by atoms with Crippen molar-refractivity contribution in [2.75, 3.05) is 6.54 Å². The molecule has 0 saturated carbocycles. The smallest absolute Gasteiger partial charge is 0.240 e. The summed E-state index contributed by atoms with van der Waals surface area (Å²) in [4.78, 5) is 0.289. The second-order valence-electron chi connectivity index (χ2n) is 5.23. The van der Waals surface area contributed by atoms with Crippen molar-refractivity contribution in [2.24, 2.45) is 0 Å². The Kier molecular flexibility index (Phi) is 4.49. The van der Waals surface area contributed by atoms with E-state index in [1.807, 2.05) is 32.4 Å². The molecule has 2 rings (SSSR count). The third kappa shape index (κ3) is 3.51. The van der Waals surface area contributed by atoms with Gasteiger partial charge in [0.15, 0.2) is 0 Å². The largest absolute Gasteiger partial charge is 0.268 e. The molecule has 21 heavy (non-hydrogen) atoms. The van der Waals surface area contributed by atoms with Crippen LogP contribution in [0.2, 0.25) is 0 Å². The summed E-state index contributed by atoms with van der Waals surface area (Å²) in [5, 5.41) is 4.40. The highest BCUT2D eigenvalue weighted by atomic mass is 32.2. The molecule has 0 radical (unpaired) electrons. The number of aromatic nitrogens is 2. The van der Waals surface area contributed by atoms with E-state index in [0.29, 0.717) is 13.1 Å². The third-order valence-electron chi connectivity index (χ3n) is 3.69. The van der Waals surface area contributed by atoms with Gasteiger partial charge in [-0.15, -0.1) is 0 Å². The monoisotopic (exact) mass is 307 g/mol. The lowest BCUT2D eigenvalue weighted by Crippen LogP contribution is -2.28. The van der Waals surface area contributed by atoms with E-state index in [4.69, 9.17) is 0 Å². The maximum absolute atomic E-state index is 12.1. The Labute approximate surface area is 126 Å². The predicted molar refractivity (Wildman–Crippen MR) is 82.8 cm³/mol. The first-order chi connectivity index (χ1) is 9.81. The first-order valence-electron chi connectivity index (χ1n) is 6.88. The third-order valence-corrected chi connectivity index (χ3v) is 5.17. The number of hydrogen-bond acceptors (Lipinski definition) is 3. The zero-order valence-corrected chi connectivity index (χ0v) is 13.7. The highest BCUT2D eigenvalue weighted by Crippen LogP contribution is 2.11. The summed E-state index contributed by atoms with van der Waals surface area (Å²) in [6, 6.07) is 6.81. The van der Waals surface area contributed by atoms with Crippen molar-refractivity contribution in [3.05, 3.63) is 46.8 Å². The van der Waals surface area contributed by atoms with Crippen molar-refractivity contribution < 1.29 is 8.42 Å². The van der Waals surface area contributed by atoms with Crippen LogP contribution in [0, 0.1) is 27.7 Å². The molecule has 0 atom stereocenters. The SMILES string of the molecule is Cc1ccc(S(=O)(=O)NCCn2nc(C)c(C)c2C)cc1. The van der Waals surface area contributed by atoms with E-state index in [2.05, 4.69) is 9.82 Å². The molecule has 0 unspecified atom stereocenters. The molecule has 2 aromatic rings. The van der Waals surface area contributed by atoms with Crippen LogP contribution >= 0.6 is 0 Å². The average Bonchev–Trinajstić information content (AvgIpc) is 2.67. The molecule has 0 saturated heterocycles. The molecule has 0 amide bonds. The normalized spacial score (nSPS) is 11.8. The molecule has 0 spiro atoms. The van der Waals surface area contributed by atoms with Gasteiger partial charge >= 0.3 is 0 Å². The molecule has 6 heteroatoms. The van der Waals surface area contributed by atoms with Gasteiger partial charge in [0.1, 0.15) is 0 Å². The average molecular weight is 307 g/mol. The van der Waals surface area contributed by atoms with E-state index in [0.717, 1.165) is 22.5 Å². The van der Waals surface area contributed by atoms with Gasteiger partial charge in [-0.3, -0.25) is 4.68 Å². The Balaban J connectivity index is 2.02. The summed E-state index contributed by atoms with van der Waals surface area (Å²) in [7, 11) is -3.45. The van der Waals surface area contributed by atoms with Gasteiger partial charge in [0, 0.05) is 12.2 Å². The highest BCUT2D eigenvalue weighted by molar-refractivity contribution is 7.89. The van der Waals surface area contributed by atoms with Gasteiger partial charge in [-0.05, 0) is 45.4 Å². The first-order valence-corrected chi connectivity index (χ1v) is 8.36. The second kappa shape index (κ2) is 5.99. The van der Waals surface area contributed by atoms with Gasteiger partial charge in [-0.1, -0.05) is 17.7 Å². The van der Waals surface area contributed by atoms with E-state index in [1.165, 1.54) is 0 Å². The molecule has 0 fully saturated rings. The number of benzene rings is 1. The number of hydrogen-bond donors (Lipinski definition) is 1. The molecule has 0 aliphatic carbocycles. The quantitative estimate of drug-likeness (QED) is 0.920. The lowest BCUT2D eigenvalue weighted by atomic mass is 10.2. The minimum atomic E-state index is -3.45. The standard InChI is InChI=1S/C15H21N3O2S/c1-11-5-7-15(8-6-11)21(19,20)16-9-10-18-14(4)12(2)13(3)17-18/h5-8,16H,9-10H2,1-4H3. The van der Waals surface area contributed by atoms with Crippen molar-refractivity contribution in [1.29, 1.82) is 0 Å². The van der Waals surface area contributed by atoms with Crippen molar-refractivity contribution in [1.82, 2.24) is 14.5 Å². The molecule has 5 nitrogen and oxygen atoms in total. The van der Waals surface area contributed by atoms with Crippen LogP contribution in [0.3, 0.4) is 0 Å². The fourth-order valence-corrected chi connectivity index (χ4v) is 3.11. The Hall–Kier alpha value is -1.66. The zero-order valence-electron chi connectivity index (χ0n) is 12.8.